The smallest absolute Gasteiger partial charge is 0.247 e. The van der Waals surface area contributed by atoms with E-state index >= 15 is 0 Å². The summed E-state index contributed by atoms with van der Waals surface area (Å²) in [5, 5.41) is 9.77. The van der Waals surface area contributed by atoms with Crippen LogP contribution in [0.25, 0.3) is 0 Å². The Morgan fingerprint density at radius 1 is 1.32 bits per heavy atom. The average molecular weight is 335 g/mol. The maximum absolute atomic E-state index is 13.4. The zero-order valence-corrected chi connectivity index (χ0v) is 14.0. The van der Waals surface area contributed by atoms with Crippen molar-refractivity contribution in [3.8, 4) is 6.07 Å². The summed E-state index contributed by atoms with van der Waals surface area (Å²) in [6.45, 7) is 1.95. The second-order valence-corrected chi connectivity index (χ2v) is 6.82. The lowest BCUT2D eigenvalue weighted by molar-refractivity contribution is -0.125. The molecule has 126 valence electrons. The van der Waals surface area contributed by atoms with Gasteiger partial charge in [-0.2, -0.15) is 5.26 Å². The van der Waals surface area contributed by atoms with Gasteiger partial charge in [-0.25, -0.2) is 0 Å². The molecule has 6 nitrogen and oxygen atoms in total. The van der Waals surface area contributed by atoms with Crippen molar-refractivity contribution < 1.29 is 14.3 Å². The minimum absolute atomic E-state index is 0.00375. The topological polar surface area (TPSA) is 96.4 Å². The molecule has 1 aromatic carbocycles. The maximum Gasteiger partial charge on any atom is 0.247 e. The van der Waals surface area contributed by atoms with E-state index in [1.807, 2.05) is 19.1 Å². The van der Waals surface area contributed by atoms with Gasteiger partial charge >= 0.3 is 0 Å². The van der Waals surface area contributed by atoms with Gasteiger partial charge < -0.3 is 15.4 Å². The van der Waals surface area contributed by atoms with Crippen molar-refractivity contribution in [2.75, 3.05) is 11.9 Å². The van der Waals surface area contributed by atoms with Crippen LogP contribution < -0.4 is 10.6 Å². The van der Waals surface area contributed by atoms with Crippen LogP contribution >= 0.6 is 0 Å². The molecule has 1 aliphatic carbocycles. The van der Waals surface area contributed by atoms with Crippen LogP contribution in [0.15, 0.2) is 47.1 Å². The summed E-state index contributed by atoms with van der Waals surface area (Å²) in [7, 11) is 1.65. The molecule has 2 aliphatic heterocycles. The quantitative estimate of drug-likeness (QED) is 0.781. The Morgan fingerprint density at radius 3 is 2.76 bits per heavy atom. The molecule has 2 atom stereocenters. The monoisotopic (exact) mass is 335 g/mol. The Hall–Kier alpha value is -3.07. The van der Waals surface area contributed by atoms with E-state index in [1.54, 1.807) is 25.2 Å². The van der Waals surface area contributed by atoms with Crippen molar-refractivity contribution in [3.63, 3.8) is 0 Å². The van der Waals surface area contributed by atoms with E-state index in [0.717, 1.165) is 0 Å². The number of Topliss-reactive ketones (excluding diaryl/α,β-unsaturated/α-hetero) is 1. The first kappa shape index (κ1) is 15.5. The molecule has 0 bridgehead atoms. The number of rotatable bonds is 0. The van der Waals surface area contributed by atoms with Gasteiger partial charge in [0.15, 0.2) is 5.78 Å². The number of nitrogens with two attached hydrogens (primary N) is 1. The molecule has 25 heavy (non-hydrogen) atoms. The van der Waals surface area contributed by atoms with Crippen LogP contribution in [0.5, 0.6) is 0 Å². The molecule has 0 unspecified atom stereocenters. The Kier molecular flexibility index (Phi) is 3.07. The number of carbonyl (C=O) groups is 2. The van der Waals surface area contributed by atoms with Gasteiger partial charge in [-0.3, -0.25) is 9.59 Å². The number of hydrogen-bond donors (Lipinski definition) is 1. The molecule has 3 aliphatic rings. The Labute approximate surface area is 145 Å². The standard InChI is InChI=1S/C19H17N3O3/c1-10-7-14(23)16-15(8-10)25-17(21)12(9-20)19(16)11-5-3-4-6-13(11)22(2)18(19)24/h3-6,10H,7-8,21H2,1-2H3/t10-,19+/m0/s1. The predicted molar refractivity (Wildman–Crippen MR) is 89.9 cm³/mol. The van der Waals surface area contributed by atoms with Crippen LogP contribution in [0.1, 0.15) is 25.3 Å². The van der Waals surface area contributed by atoms with Gasteiger partial charge in [-0.05, 0) is 12.0 Å². The van der Waals surface area contributed by atoms with Gasteiger partial charge in [0.25, 0.3) is 0 Å². The summed E-state index contributed by atoms with van der Waals surface area (Å²) in [6, 6.07) is 9.24. The highest BCUT2D eigenvalue weighted by molar-refractivity contribution is 6.19. The van der Waals surface area contributed by atoms with Crippen molar-refractivity contribution in [1.29, 1.82) is 5.26 Å². The van der Waals surface area contributed by atoms with Gasteiger partial charge in [0, 0.05) is 31.1 Å². The number of hydrogen-bond acceptors (Lipinski definition) is 5. The van der Waals surface area contributed by atoms with Gasteiger partial charge in [0.05, 0.1) is 5.57 Å². The number of anilines is 1. The van der Waals surface area contributed by atoms with E-state index in [1.165, 1.54) is 4.90 Å². The summed E-state index contributed by atoms with van der Waals surface area (Å²) in [5.41, 5.74) is 6.09. The number of para-hydroxylation sites is 1. The molecule has 0 fully saturated rings. The summed E-state index contributed by atoms with van der Waals surface area (Å²) < 4.78 is 5.64. The number of fused-ring (bicyclic) bond motifs is 3. The first-order valence-electron chi connectivity index (χ1n) is 8.15. The van der Waals surface area contributed by atoms with Crippen LogP contribution in [0.4, 0.5) is 5.69 Å². The average Bonchev–Trinajstić information content (AvgIpc) is 2.78. The highest BCUT2D eigenvalue weighted by Crippen LogP contribution is 2.55. The Morgan fingerprint density at radius 2 is 2.04 bits per heavy atom. The SMILES string of the molecule is C[C@H]1CC(=O)C2=C(C1)OC(N)=C(C#N)[C@@]21C(=O)N(C)c2ccccc21. The molecule has 2 heterocycles. The fourth-order valence-electron chi connectivity index (χ4n) is 4.25. The summed E-state index contributed by atoms with van der Waals surface area (Å²) in [6.07, 6.45) is 0.836. The van der Waals surface area contributed by atoms with Crippen LogP contribution in [-0.2, 0) is 19.7 Å². The summed E-state index contributed by atoms with van der Waals surface area (Å²) in [4.78, 5) is 27.8. The second kappa shape index (κ2) is 4.96. The Balaban J connectivity index is 2.13. The molecule has 0 saturated carbocycles. The maximum atomic E-state index is 13.4. The number of carbonyl (C=O) groups excluding carboxylic acids is 2. The van der Waals surface area contributed by atoms with Crippen molar-refractivity contribution >= 4 is 17.4 Å². The highest BCUT2D eigenvalue weighted by atomic mass is 16.5. The number of nitriles is 1. The molecule has 4 rings (SSSR count). The molecule has 1 spiro atoms. The fraction of sp³-hybridized carbons (Fsp3) is 0.316. The number of benzene rings is 1. The summed E-state index contributed by atoms with van der Waals surface area (Å²) in [5.74, 6) is -0.0797. The molecule has 1 amide bonds. The van der Waals surface area contributed by atoms with Crippen molar-refractivity contribution in [3.05, 3.63) is 52.6 Å². The van der Waals surface area contributed by atoms with E-state index in [-0.39, 0.29) is 34.6 Å². The minimum Gasteiger partial charge on any atom is -0.444 e. The molecule has 0 saturated heterocycles. The van der Waals surface area contributed by atoms with Crippen LogP contribution in [0, 0.1) is 17.2 Å². The van der Waals surface area contributed by atoms with Crippen LogP contribution in [0.2, 0.25) is 0 Å². The number of allylic oxidation sites excluding steroid dienone is 1. The van der Waals surface area contributed by atoms with Crippen molar-refractivity contribution in [2.45, 2.75) is 25.2 Å². The zero-order chi connectivity index (χ0) is 17.9. The molecule has 2 N–H and O–H groups in total. The normalized spacial score (nSPS) is 28.0. The lowest BCUT2D eigenvalue weighted by Crippen LogP contribution is -2.48. The predicted octanol–water partition coefficient (Wildman–Crippen LogP) is 1.88. The zero-order valence-electron chi connectivity index (χ0n) is 14.0. The van der Waals surface area contributed by atoms with Gasteiger partial charge in [-0.1, -0.05) is 25.1 Å². The van der Waals surface area contributed by atoms with Gasteiger partial charge in [-0.15, -0.1) is 0 Å². The lowest BCUT2D eigenvalue weighted by Gasteiger charge is -2.38. The third-order valence-electron chi connectivity index (χ3n) is 5.26. The fourth-order valence-corrected chi connectivity index (χ4v) is 4.25. The van der Waals surface area contributed by atoms with E-state index in [0.29, 0.717) is 29.9 Å². The summed E-state index contributed by atoms with van der Waals surface area (Å²) >= 11 is 0. The molecule has 1 aromatic rings. The molecule has 0 aromatic heterocycles. The third-order valence-corrected chi connectivity index (χ3v) is 5.26. The minimum atomic E-state index is -1.49. The largest absolute Gasteiger partial charge is 0.444 e. The molecular formula is C19H17N3O3. The first-order valence-corrected chi connectivity index (χ1v) is 8.15. The number of ketones is 1. The molecular weight excluding hydrogens is 318 g/mol. The second-order valence-electron chi connectivity index (χ2n) is 6.82. The van der Waals surface area contributed by atoms with Gasteiger partial charge in [0.1, 0.15) is 22.8 Å². The number of nitrogens with zero attached hydrogens (tertiary/aromatic N) is 2. The first-order chi connectivity index (χ1) is 11.9. The third kappa shape index (κ3) is 1.73. The van der Waals surface area contributed by atoms with E-state index in [2.05, 4.69) is 0 Å². The Bertz CT molecular complexity index is 937. The van der Waals surface area contributed by atoms with Crippen LogP contribution in [0.3, 0.4) is 0 Å². The lowest BCUT2D eigenvalue weighted by atomic mass is 9.64. The number of ether oxygens (including phenoxy) is 1. The molecule has 0 radical (unpaired) electrons. The van der Waals surface area contributed by atoms with E-state index in [4.69, 9.17) is 10.5 Å². The van der Waals surface area contributed by atoms with Gasteiger partial charge in [0.2, 0.25) is 11.8 Å². The van der Waals surface area contributed by atoms with Crippen LogP contribution in [-0.4, -0.2) is 18.7 Å². The van der Waals surface area contributed by atoms with E-state index in [9.17, 15) is 14.9 Å². The van der Waals surface area contributed by atoms with Crippen molar-refractivity contribution in [1.82, 2.24) is 0 Å². The van der Waals surface area contributed by atoms with E-state index < -0.39 is 5.41 Å². The van der Waals surface area contributed by atoms with Crippen molar-refractivity contribution in [2.24, 2.45) is 11.7 Å². The number of amides is 1. The highest BCUT2D eigenvalue weighted by Gasteiger charge is 2.61. The molecule has 6 heteroatoms. The number of likely N-dealkylation sites (N-methyl/N-ethyl adjacent to an activating group) is 1.